The predicted molar refractivity (Wildman–Crippen MR) is 85.3 cm³/mol. The quantitative estimate of drug-likeness (QED) is 0.470. The second-order valence-corrected chi connectivity index (χ2v) is 5.21. The topological polar surface area (TPSA) is 107 Å². The van der Waals surface area contributed by atoms with Gasteiger partial charge in [-0.2, -0.15) is 5.10 Å². The van der Waals surface area contributed by atoms with Crippen molar-refractivity contribution >= 4 is 33.9 Å². The average Bonchev–Trinajstić information content (AvgIpc) is 2.98. The van der Waals surface area contributed by atoms with Gasteiger partial charge in [-0.3, -0.25) is 14.9 Å². The number of nitrogens with one attached hydrogen (secondary N) is 1. The second-order valence-electron chi connectivity index (χ2n) is 4.36. The minimum absolute atomic E-state index is 0.149. The molecule has 1 heterocycles. The number of amides is 1. The Morgan fingerprint density at radius 2 is 2.17 bits per heavy atom. The Kier molecular flexibility index (Phi) is 5.47. The third kappa shape index (κ3) is 4.65. The molecule has 0 spiro atoms. The molecule has 1 N–H and O–H groups in total. The number of nitrogens with zero attached hydrogens (tertiary/aromatic N) is 2. The normalized spacial score (nSPS) is 12.1. The van der Waals surface area contributed by atoms with Gasteiger partial charge in [-0.1, -0.05) is 12.1 Å². The molecule has 1 aromatic heterocycles. The lowest BCUT2D eigenvalue weighted by molar-refractivity contribution is -0.402. The molecule has 0 aliphatic rings. The number of para-hydroxylation sites is 1. The van der Waals surface area contributed by atoms with E-state index in [0.717, 1.165) is 10.7 Å². The molecule has 1 unspecified atom stereocenters. The summed E-state index contributed by atoms with van der Waals surface area (Å²) >= 11 is 3.32. The van der Waals surface area contributed by atoms with E-state index in [1.165, 1.54) is 12.1 Å². The standard InChI is InChI=1S/C14H12BrN3O5/c1-9(22-12-5-3-2-4-11(12)15)14(19)17-16-8-10-6-7-13(23-10)18(20)21/h2-9H,1H3,(H,17,19)/b16-8+. The lowest BCUT2D eigenvalue weighted by Gasteiger charge is -2.13. The number of nitro groups is 1. The van der Waals surface area contributed by atoms with Crippen LogP contribution in [0.15, 0.2) is 50.4 Å². The van der Waals surface area contributed by atoms with Crippen molar-refractivity contribution < 1.29 is 18.9 Å². The van der Waals surface area contributed by atoms with Gasteiger partial charge in [-0.15, -0.1) is 0 Å². The third-order valence-corrected chi connectivity index (χ3v) is 3.32. The van der Waals surface area contributed by atoms with E-state index < -0.39 is 22.8 Å². The summed E-state index contributed by atoms with van der Waals surface area (Å²) in [4.78, 5) is 21.7. The Morgan fingerprint density at radius 1 is 1.43 bits per heavy atom. The highest BCUT2D eigenvalue weighted by atomic mass is 79.9. The monoisotopic (exact) mass is 381 g/mol. The molecule has 0 saturated carbocycles. The second kappa shape index (κ2) is 7.54. The van der Waals surface area contributed by atoms with Gasteiger partial charge in [0.05, 0.1) is 16.8 Å². The summed E-state index contributed by atoms with van der Waals surface area (Å²) in [6, 6.07) is 9.69. The largest absolute Gasteiger partial charge is 0.480 e. The van der Waals surface area contributed by atoms with Crippen molar-refractivity contribution in [3.05, 3.63) is 56.7 Å². The van der Waals surface area contributed by atoms with Crippen molar-refractivity contribution in [3.8, 4) is 5.75 Å². The molecule has 8 nitrogen and oxygen atoms in total. The molecule has 120 valence electrons. The van der Waals surface area contributed by atoms with Gasteiger partial charge in [0, 0.05) is 0 Å². The van der Waals surface area contributed by atoms with Crippen molar-refractivity contribution in [2.45, 2.75) is 13.0 Å². The Bertz CT molecular complexity index is 744. The number of halogens is 1. The molecule has 0 bridgehead atoms. The Hall–Kier alpha value is -2.68. The molecule has 1 atom stereocenters. The number of rotatable bonds is 6. The van der Waals surface area contributed by atoms with Gasteiger partial charge in [0.2, 0.25) is 0 Å². The molecule has 2 aromatic rings. The first-order valence-electron chi connectivity index (χ1n) is 6.45. The zero-order chi connectivity index (χ0) is 16.8. The molecule has 0 aliphatic carbocycles. The van der Waals surface area contributed by atoms with Crippen molar-refractivity contribution in [1.82, 2.24) is 5.43 Å². The lowest BCUT2D eigenvalue weighted by atomic mass is 10.3. The number of hydrogen-bond acceptors (Lipinski definition) is 6. The first-order valence-corrected chi connectivity index (χ1v) is 7.25. The molecular formula is C14H12BrN3O5. The van der Waals surface area contributed by atoms with Gasteiger partial charge in [-0.05, 0) is 41.1 Å². The maximum atomic E-state index is 11.9. The van der Waals surface area contributed by atoms with Crippen LogP contribution in [-0.4, -0.2) is 23.1 Å². The minimum atomic E-state index is -0.781. The molecule has 0 aliphatic heterocycles. The number of hydrazone groups is 1. The number of furan rings is 1. The number of carbonyl (C=O) groups excluding carboxylic acids is 1. The number of carbonyl (C=O) groups is 1. The maximum Gasteiger partial charge on any atom is 0.433 e. The molecule has 1 aromatic carbocycles. The Labute approximate surface area is 139 Å². The van der Waals surface area contributed by atoms with E-state index in [0.29, 0.717) is 5.75 Å². The summed E-state index contributed by atoms with van der Waals surface area (Å²) in [6.45, 7) is 1.57. The SMILES string of the molecule is CC(Oc1ccccc1Br)C(=O)N/N=C/c1ccc([N+](=O)[O-])o1. The van der Waals surface area contributed by atoms with Gasteiger partial charge in [-0.25, -0.2) is 5.43 Å². The van der Waals surface area contributed by atoms with E-state index in [2.05, 4.69) is 26.5 Å². The fourth-order valence-electron chi connectivity index (χ4n) is 1.54. The molecule has 0 fully saturated rings. The van der Waals surface area contributed by atoms with Crippen molar-refractivity contribution in [2.75, 3.05) is 0 Å². The molecule has 1 amide bonds. The average molecular weight is 382 g/mol. The Balaban J connectivity index is 1.89. The van der Waals surface area contributed by atoms with Crippen LogP contribution in [0.25, 0.3) is 0 Å². The number of benzene rings is 1. The van der Waals surface area contributed by atoms with Crippen LogP contribution >= 0.6 is 15.9 Å². The predicted octanol–water partition coefficient (Wildman–Crippen LogP) is 2.87. The molecule has 23 heavy (non-hydrogen) atoms. The van der Waals surface area contributed by atoms with Crippen molar-refractivity contribution in [1.29, 1.82) is 0 Å². The summed E-state index contributed by atoms with van der Waals surface area (Å²) in [7, 11) is 0. The molecule has 0 saturated heterocycles. The Morgan fingerprint density at radius 3 is 2.83 bits per heavy atom. The van der Waals surface area contributed by atoms with E-state index in [4.69, 9.17) is 9.15 Å². The zero-order valence-electron chi connectivity index (χ0n) is 11.9. The van der Waals surface area contributed by atoms with Crippen LogP contribution in [0.5, 0.6) is 5.75 Å². The van der Waals surface area contributed by atoms with Gasteiger partial charge in [0.15, 0.2) is 11.9 Å². The summed E-state index contributed by atoms with van der Waals surface area (Å²) < 4.78 is 11.1. The van der Waals surface area contributed by atoms with Gasteiger partial charge < -0.3 is 9.15 Å². The van der Waals surface area contributed by atoms with Gasteiger partial charge in [0.25, 0.3) is 5.91 Å². The minimum Gasteiger partial charge on any atom is -0.480 e. The van der Waals surface area contributed by atoms with E-state index in [9.17, 15) is 14.9 Å². The molecular weight excluding hydrogens is 370 g/mol. The zero-order valence-corrected chi connectivity index (χ0v) is 13.5. The van der Waals surface area contributed by atoms with E-state index in [1.807, 2.05) is 6.07 Å². The van der Waals surface area contributed by atoms with Crippen LogP contribution in [0.1, 0.15) is 12.7 Å². The van der Waals surface area contributed by atoms with Gasteiger partial charge in [0.1, 0.15) is 10.7 Å². The molecule has 9 heteroatoms. The summed E-state index contributed by atoms with van der Waals surface area (Å²) in [6.07, 6.45) is 0.382. The summed E-state index contributed by atoms with van der Waals surface area (Å²) in [5.41, 5.74) is 2.27. The van der Waals surface area contributed by atoms with Gasteiger partial charge >= 0.3 is 5.88 Å². The molecule has 2 rings (SSSR count). The van der Waals surface area contributed by atoms with Crippen LogP contribution in [0.3, 0.4) is 0 Å². The fraction of sp³-hybridized carbons (Fsp3) is 0.143. The highest BCUT2D eigenvalue weighted by Gasteiger charge is 2.15. The molecule has 0 radical (unpaired) electrons. The fourth-order valence-corrected chi connectivity index (χ4v) is 1.92. The number of hydrogen-bond donors (Lipinski definition) is 1. The van der Waals surface area contributed by atoms with Crippen LogP contribution < -0.4 is 10.2 Å². The number of ether oxygens (including phenoxy) is 1. The van der Waals surface area contributed by atoms with Crippen LogP contribution in [0, 0.1) is 10.1 Å². The smallest absolute Gasteiger partial charge is 0.433 e. The van der Waals surface area contributed by atoms with E-state index in [1.54, 1.807) is 25.1 Å². The third-order valence-electron chi connectivity index (χ3n) is 2.67. The van der Waals surface area contributed by atoms with E-state index in [-0.39, 0.29) is 5.76 Å². The van der Waals surface area contributed by atoms with Crippen LogP contribution in [0.4, 0.5) is 5.88 Å². The lowest BCUT2D eigenvalue weighted by Crippen LogP contribution is -2.33. The first-order chi connectivity index (χ1) is 11.0. The highest BCUT2D eigenvalue weighted by molar-refractivity contribution is 9.10. The van der Waals surface area contributed by atoms with Crippen LogP contribution in [0.2, 0.25) is 0 Å². The summed E-state index contributed by atoms with van der Waals surface area (Å²) in [5.74, 6) is -0.196. The summed E-state index contributed by atoms with van der Waals surface area (Å²) in [5, 5.41) is 14.1. The van der Waals surface area contributed by atoms with Crippen molar-refractivity contribution in [3.63, 3.8) is 0 Å². The highest BCUT2D eigenvalue weighted by Crippen LogP contribution is 2.24. The van der Waals surface area contributed by atoms with Crippen LogP contribution in [-0.2, 0) is 4.79 Å². The van der Waals surface area contributed by atoms with E-state index >= 15 is 0 Å². The first kappa shape index (κ1) is 16.7. The maximum absolute atomic E-state index is 11.9. The van der Waals surface area contributed by atoms with Crippen molar-refractivity contribution in [2.24, 2.45) is 5.10 Å².